The van der Waals surface area contributed by atoms with Gasteiger partial charge in [0.15, 0.2) is 0 Å². The van der Waals surface area contributed by atoms with E-state index in [1.807, 2.05) is 0 Å². The molecular formula is C10H22O. The van der Waals surface area contributed by atoms with Crippen LogP contribution in [0.15, 0.2) is 0 Å². The van der Waals surface area contributed by atoms with Gasteiger partial charge < -0.3 is 4.74 Å². The third-order valence-corrected chi connectivity index (χ3v) is 2.33. The predicted octanol–water partition coefficient (Wildman–Crippen LogP) is 3.09. The molecule has 0 aromatic heterocycles. The lowest BCUT2D eigenvalue weighted by Crippen LogP contribution is -2.20. The Morgan fingerprint density at radius 3 is 2.00 bits per heavy atom. The van der Waals surface area contributed by atoms with Gasteiger partial charge in [-0.2, -0.15) is 0 Å². The second kappa shape index (κ2) is 5.59. The molecule has 1 heteroatoms. The highest BCUT2D eigenvalue weighted by Crippen LogP contribution is 2.20. The Hall–Kier alpha value is -0.0400. The zero-order valence-electron chi connectivity index (χ0n) is 8.55. The van der Waals surface area contributed by atoms with Crippen molar-refractivity contribution in [2.45, 2.75) is 46.6 Å². The van der Waals surface area contributed by atoms with Crippen LogP contribution in [0.5, 0.6) is 0 Å². The van der Waals surface area contributed by atoms with Crippen molar-refractivity contribution in [1.82, 2.24) is 0 Å². The second-order valence-corrected chi connectivity index (χ2v) is 3.74. The van der Waals surface area contributed by atoms with E-state index < -0.39 is 0 Å². The Bertz CT molecular complexity index is 88.9. The first-order valence-corrected chi connectivity index (χ1v) is 4.64. The lowest BCUT2D eigenvalue weighted by Gasteiger charge is -2.22. The first-order valence-electron chi connectivity index (χ1n) is 4.64. The van der Waals surface area contributed by atoms with Crippen LogP contribution in [0.2, 0.25) is 0 Å². The summed E-state index contributed by atoms with van der Waals surface area (Å²) in [5.74, 6) is 1.53. The Kier molecular flexibility index (Phi) is 5.57. The molecule has 0 bridgehead atoms. The summed E-state index contributed by atoms with van der Waals surface area (Å²) < 4.78 is 5.30. The highest BCUT2D eigenvalue weighted by atomic mass is 16.5. The lowest BCUT2D eigenvalue weighted by atomic mass is 9.91. The fourth-order valence-electron chi connectivity index (χ4n) is 1.49. The number of hydrogen-bond donors (Lipinski definition) is 0. The molecule has 11 heavy (non-hydrogen) atoms. The fraction of sp³-hybridized carbons (Fsp3) is 1.00. The first kappa shape index (κ1) is 11.0. The van der Waals surface area contributed by atoms with Crippen molar-refractivity contribution in [1.29, 1.82) is 0 Å². The lowest BCUT2D eigenvalue weighted by molar-refractivity contribution is 0.0562. The summed E-state index contributed by atoms with van der Waals surface area (Å²) in [6, 6.07) is 0. The zero-order chi connectivity index (χ0) is 8.85. The van der Waals surface area contributed by atoms with Crippen LogP contribution in [0.4, 0.5) is 0 Å². The van der Waals surface area contributed by atoms with E-state index in [4.69, 9.17) is 4.74 Å². The van der Waals surface area contributed by atoms with Gasteiger partial charge in [0.05, 0.1) is 6.10 Å². The van der Waals surface area contributed by atoms with Gasteiger partial charge in [-0.25, -0.2) is 0 Å². The molecule has 0 saturated heterocycles. The number of ether oxygens (including phenoxy) is 1. The van der Waals surface area contributed by atoms with E-state index in [1.54, 1.807) is 7.11 Å². The van der Waals surface area contributed by atoms with Gasteiger partial charge in [-0.05, 0) is 25.2 Å². The smallest absolute Gasteiger partial charge is 0.0571 e. The summed E-state index contributed by atoms with van der Waals surface area (Å²) in [4.78, 5) is 0. The van der Waals surface area contributed by atoms with Crippen LogP contribution in [0.1, 0.15) is 40.5 Å². The molecule has 0 aromatic rings. The van der Waals surface area contributed by atoms with Crippen LogP contribution in [0, 0.1) is 11.8 Å². The van der Waals surface area contributed by atoms with Crippen molar-refractivity contribution in [3.63, 3.8) is 0 Å². The average Bonchev–Trinajstić information content (AvgIpc) is 1.98. The first-order chi connectivity index (χ1) is 5.11. The highest BCUT2D eigenvalue weighted by molar-refractivity contribution is 4.65. The maximum atomic E-state index is 5.30. The molecule has 2 unspecified atom stereocenters. The molecule has 2 atom stereocenters. The standard InChI is InChI=1S/C10H22O/c1-6-10(7-8(2)3)9(4)11-5/h8-10H,6-7H2,1-5H3. The molecule has 0 saturated carbocycles. The number of rotatable bonds is 5. The van der Waals surface area contributed by atoms with Gasteiger partial charge in [-0.3, -0.25) is 0 Å². The molecule has 0 amide bonds. The van der Waals surface area contributed by atoms with Crippen LogP contribution >= 0.6 is 0 Å². The molecule has 0 heterocycles. The minimum absolute atomic E-state index is 0.419. The van der Waals surface area contributed by atoms with E-state index in [2.05, 4.69) is 27.7 Å². The third-order valence-electron chi connectivity index (χ3n) is 2.33. The minimum Gasteiger partial charge on any atom is -0.381 e. The Morgan fingerprint density at radius 2 is 1.73 bits per heavy atom. The van der Waals surface area contributed by atoms with Gasteiger partial charge in [-0.15, -0.1) is 0 Å². The molecule has 0 rings (SSSR count). The number of methoxy groups -OCH3 is 1. The van der Waals surface area contributed by atoms with E-state index in [-0.39, 0.29) is 0 Å². The maximum Gasteiger partial charge on any atom is 0.0571 e. The average molecular weight is 158 g/mol. The molecular weight excluding hydrogens is 136 g/mol. The normalized spacial score (nSPS) is 16.9. The van der Waals surface area contributed by atoms with Crippen LogP contribution in [0.3, 0.4) is 0 Å². The van der Waals surface area contributed by atoms with Gasteiger partial charge in [-0.1, -0.05) is 27.2 Å². The fourth-order valence-corrected chi connectivity index (χ4v) is 1.49. The van der Waals surface area contributed by atoms with Crippen molar-refractivity contribution >= 4 is 0 Å². The molecule has 0 fully saturated rings. The van der Waals surface area contributed by atoms with Crippen molar-refractivity contribution in [3.05, 3.63) is 0 Å². The SMILES string of the molecule is CCC(CC(C)C)C(C)OC. The number of hydrogen-bond acceptors (Lipinski definition) is 1. The van der Waals surface area contributed by atoms with Crippen LogP contribution < -0.4 is 0 Å². The molecule has 0 aliphatic carbocycles. The van der Waals surface area contributed by atoms with Gasteiger partial charge in [0.1, 0.15) is 0 Å². The summed E-state index contributed by atoms with van der Waals surface area (Å²) in [7, 11) is 1.80. The van der Waals surface area contributed by atoms with Crippen molar-refractivity contribution < 1.29 is 4.74 Å². The monoisotopic (exact) mass is 158 g/mol. The van der Waals surface area contributed by atoms with Crippen molar-refractivity contribution in [3.8, 4) is 0 Å². The van der Waals surface area contributed by atoms with Crippen molar-refractivity contribution in [2.75, 3.05) is 7.11 Å². The largest absolute Gasteiger partial charge is 0.381 e. The van der Waals surface area contributed by atoms with Gasteiger partial charge in [0.2, 0.25) is 0 Å². The van der Waals surface area contributed by atoms with Gasteiger partial charge in [0, 0.05) is 7.11 Å². The van der Waals surface area contributed by atoms with Crippen molar-refractivity contribution in [2.24, 2.45) is 11.8 Å². The van der Waals surface area contributed by atoms with Crippen LogP contribution in [0.25, 0.3) is 0 Å². The second-order valence-electron chi connectivity index (χ2n) is 3.74. The Morgan fingerprint density at radius 1 is 1.18 bits per heavy atom. The Labute approximate surface area is 71.1 Å². The zero-order valence-corrected chi connectivity index (χ0v) is 8.55. The molecule has 0 aliphatic rings. The molecule has 1 nitrogen and oxygen atoms in total. The summed E-state index contributed by atoms with van der Waals surface area (Å²) in [6.45, 7) is 8.94. The maximum absolute atomic E-state index is 5.30. The minimum atomic E-state index is 0.419. The van der Waals surface area contributed by atoms with Crippen LogP contribution in [-0.2, 0) is 4.74 Å². The summed E-state index contributed by atoms with van der Waals surface area (Å²) in [6.07, 6.45) is 2.93. The molecule has 0 spiro atoms. The summed E-state index contributed by atoms with van der Waals surface area (Å²) in [5.41, 5.74) is 0. The van der Waals surface area contributed by atoms with E-state index >= 15 is 0 Å². The molecule has 0 aliphatic heterocycles. The van der Waals surface area contributed by atoms with E-state index in [0.717, 1.165) is 11.8 Å². The molecule has 0 aromatic carbocycles. The summed E-state index contributed by atoms with van der Waals surface area (Å²) in [5, 5.41) is 0. The van der Waals surface area contributed by atoms with Crippen LogP contribution in [-0.4, -0.2) is 13.2 Å². The van der Waals surface area contributed by atoms with E-state index in [1.165, 1.54) is 12.8 Å². The predicted molar refractivity (Wildman–Crippen MR) is 49.7 cm³/mol. The molecule has 0 N–H and O–H groups in total. The topological polar surface area (TPSA) is 9.23 Å². The molecule has 0 radical (unpaired) electrons. The van der Waals surface area contributed by atoms with Gasteiger partial charge >= 0.3 is 0 Å². The van der Waals surface area contributed by atoms with E-state index in [0.29, 0.717) is 6.10 Å². The van der Waals surface area contributed by atoms with Gasteiger partial charge in [0.25, 0.3) is 0 Å². The quantitative estimate of drug-likeness (QED) is 0.597. The van der Waals surface area contributed by atoms with E-state index in [9.17, 15) is 0 Å². The summed E-state index contributed by atoms with van der Waals surface area (Å²) >= 11 is 0. The third kappa shape index (κ3) is 4.41. The Balaban J connectivity index is 3.74. The molecule has 68 valence electrons. The highest BCUT2D eigenvalue weighted by Gasteiger charge is 2.15.